The van der Waals surface area contributed by atoms with Crippen molar-refractivity contribution in [3.05, 3.63) is 27.7 Å². The third-order valence-electron chi connectivity index (χ3n) is 4.06. The van der Waals surface area contributed by atoms with Gasteiger partial charge in [0, 0.05) is 4.47 Å². The quantitative estimate of drug-likeness (QED) is 0.765. The number of piperidine rings is 1. The molecule has 1 saturated heterocycles. The molecule has 0 radical (unpaired) electrons. The summed E-state index contributed by atoms with van der Waals surface area (Å²) in [6.07, 6.45) is 5.12. The molecule has 1 aliphatic rings. The van der Waals surface area contributed by atoms with E-state index in [1.54, 1.807) is 4.90 Å². The molecule has 0 spiro atoms. The van der Waals surface area contributed by atoms with Crippen LogP contribution in [-0.2, 0) is 0 Å². The van der Waals surface area contributed by atoms with Crippen LogP contribution in [0.4, 0.5) is 0 Å². The maximum atomic E-state index is 6.12. The molecular formula is C16H24BrClNO+. The highest BCUT2D eigenvalue weighted by Gasteiger charge is 2.17. The maximum absolute atomic E-state index is 6.12. The first-order chi connectivity index (χ1) is 9.65. The van der Waals surface area contributed by atoms with Gasteiger partial charge in [-0.05, 0) is 49.8 Å². The van der Waals surface area contributed by atoms with Crippen molar-refractivity contribution in [1.82, 2.24) is 0 Å². The summed E-state index contributed by atoms with van der Waals surface area (Å²) in [4.78, 5) is 1.77. The van der Waals surface area contributed by atoms with E-state index < -0.39 is 0 Å². The molecule has 0 atom stereocenters. The average molecular weight is 362 g/mol. The topological polar surface area (TPSA) is 13.7 Å². The van der Waals surface area contributed by atoms with Crippen molar-refractivity contribution in [1.29, 1.82) is 0 Å². The van der Waals surface area contributed by atoms with E-state index in [1.807, 2.05) is 18.2 Å². The van der Waals surface area contributed by atoms with Crippen LogP contribution < -0.4 is 9.64 Å². The Morgan fingerprint density at radius 1 is 1.30 bits per heavy atom. The second-order valence-electron chi connectivity index (χ2n) is 5.81. The van der Waals surface area contributed by atoms with Crippen molar-refractivity contribution in [2.24, 2.45) is 5.92 Å². The van der Waals surface area contributed by atoms with Gasteiger partial charge in [-0.15, -0.1) is 0 Å². The predicted molar refractivity (Wildman–Crippen MR) is 87.8 cm³/mol. The van der Waals surface area contributed by atoms with Gasteiger partial charge in [0.2, 0.25) is 0 Å². The molecule has 20 heavy (non-hydrogen) atoms. The summed E-state index contributed by atoms with van der Waals surface area (Å²) in [5, 5.41) is 0.676. The first-order valence-electron chi connectivity index (χ1n) is 7.56. The van der Waals surface area contributed by atoms with Crippen LogP contribution >= 0.6 is 27.5 Å². The lowest BCUT2D eigenvalue weighted by molar-refractivity contribution is -0.906. The van der Waals surface area contributed by atoms with Crippen LogP contribution in [0, 0.1) is 5.92 Å². The highest BCUT2D eigenvalue weighted by Crippen LogP contribution is 2.27. The van der Waals surface area contributed by atoms with Crippen LogP contribution in [0.25, 0.3) is 0 Å². The zero-order valence-electron chi connectivity index (χ0n) is 12.1. The fourth-order valence-corrected chi connectivity index (χ4v) is 3.40. The van der Waals surface area contributed by atoms with Crippen LogP contribution in [0.5, 0.6) is 5.75 Å². The minimum absolute atomic E-state index is 0.676. The summed E-state index contributed by atoms with van der Waals surface area (Å²) in [6, 6.07) is 5.75. The Labute approximate surface area is 135 Å². The largest absolute Gasteiger partial charge is 0.492 e. The predicted octanol–water partition coefficient (Wildman–Crippen LogP) is 3.58. The van der Waals surface area contributed by atoms with E-state index in [0.717, 1.165) is 29.2 Å². The van der Waals surface area contributed by atoms with Gasteiger partial charge < -0.3 is 9.64 Å². The molecule has 0 bridgehead atoms. The molecule has 1 fully saturated rings. The van der Waals surface area contributed by atoms with Crippen molar-refractivity contribution in [2.75, 3.05) is 26.2 Å². The molecule has 0 amide bonds. The van der Waals surface area contributed by atoms with E-state index in [1.165, 1.54) is 38.9 Å². The number of likely N-dealkylation sites (tertiary alicyclic amines) is 1. The second-order valence-corrected chi connectivity index (χ2v) is 7.14. The van der Waals surface area contributed by atoms with Crippen molar-refractivity contribution >= 4 is 27.5 Å². The Balaban J connectivity index is 1.59. The van der Waals surface area contributed by atoms with Crippen LogP contribution in [0.1, 0.15) is 32.6 Å². The number of nitrogens with one attached hydrogen (secondary N) is 1. The number of rotatable bonds is 6. The molecule has 1 N–H and O–H groups in total. The third kappa shape index (κ3) is 5.27. The lowest BCUT2D eigenvalue weighted by Gasteiger charge is -2.27. The first-order valence-corrected chi connectivity index (χ1v) is 8.73. The molecule has 0 saturated carbocycles. The van der Waals surface area contributed by atoms with Gasteiger partial charge in [-0.25, -0.2) is 0 Å². The zero-order chi connectivity index (χ0) is 14.4. The van der Waals surface area contributed by atoms with E-state index in [0.29, 0.717) is 5.02 Å². The van der Waals surface area contributed by atoms with Gasteiger partial charge in [0.1, 0.15) is 5.75 Å². The van der Waals surface area contributed by atoms with E-state index in [2.05, 4.69) is 22.9 Å². The third-order valence-corrected chi connectivity index (χ3v) is 4.85. The van der Waals surface area contributed by atoms with Gasteiger partial charge in [-0.3, -0.25) is 0 Å². The number of halogens is 2. The van der Waals surface area contributed by atoms with Gasteiger partial charge in [-0.2, -0.15) is 0 Å². The number of benzene rings is 1. The van der Waals surface area contributed by atoms with Crippen molar-refractivity contribution in [3.8, 4) is 5.75 Å². The Morgan fingerprint density at radius 3 is 2.75 bits per heavy atom. The van der Waals surface area contributed by atoms with Crippen molar-refractivity contribution < 1.29 is 9.64 Å². The Hall–Kier alpha value is -0.250. The van der Waals surface area contributed by atoms with Crippen LogP contribution in [-0.4, -0.2) is 26.2 Å². The van der Waals surface area contributed by atoms with Crippen molar-refractivity contribution in [2.45, 2.75) is 32.6 Å². The average Bonchev–Trinajstić information content (AvgIpc) is 2.42. The summed E-state index contributed by atoms with van der Waals surface area (Å²) >= 11 is 9.51. The molecule has 1 heterocycles. The molecule has 0 aliphatic carbocycles. The standard InChI is InChI=1S/C16H23BrClNO/c1-13-6-9-19(10-7-13)8-2-3-11-20-16-5-4-14(17)12-15(16)18/h4-5,12-13H,2-3,6-11H2,1H3/p+1. The van der Waals surface area contributed by atoms with Crippen molar-refractivity contribution in [3.63, 3.8) is 0 Å². The second kappa shape index (κ2) is 8.26. The number of unbranched alkanes of at least 4 members (excludes halogenated alkanes) is 1. The zero-order valence-corrected chi connectivity index (χ0v) is 14.5. The monoisotopic (exact) mass is 360 g/mol. The van der Waals surface area contributed by atoms with Gasteiger partial charge in [0.15, 0.2) is 0 Å². The SMILES string of the molecule is CC1CC[NH+](CCCCOc2ccc(Br)cc2Cl)CC1. The molecule has 112 valence electrons. The molecule has 2 rings (SSSR count). The fourth-order valence-electron chi connectivity index (χ4n) is 2.67. The maximum Gasteiger partial charge on any atom is 0.137 e. The fraction of sp³-hybridized carbons (Fsp3) is 0.625. The summed E-state index contributed by atoms with van der Waals surface area (Å²) in [7, 11) is 0. The Bertz CT molecular complexity index is 419. The van der Waals surface area contributed by atoms with Crippen LogP contribution in [0.15, 0.2) is 22.7 Å². The Morgan fingerprint density at radius 2 is 2.05 bits per heavy atom. The molecule has 1 aromatic carbocycles. The highest BCUT2D eigenvalue weighted by molar-refractivity contribution is 9.10. The number of ether oxygens (including phenoxy) is 1. The Kier molecular flexibility index (Phi) is 6.66. The van der Waals surface area contributed by atoms with E-state index in [4.69, 9.17) is 16.3 Å². The van der Waals surface area contributed by atoms with Gasteiger partial charge in [0.25, 0.3) is 0 Å². The normalized spacial score (nSPS) is 22.8. The molecule has 2 nitrogen and oxygen atoms in total. The summed E-state index contributed by atoms with van der Waals surface area (Å²) in [5.41, 5.74) is 0. The highest BCUT2D eigenvalue weighted by atomic mass is 79.9. The van der Waals surface area contributed by atoms with E-state index >= 15 is 0 Å². The summed E-state index contributed by atoms with van der Waals surface area (Å²) in [5.74, 6) is 1.72. The molecule has 4 heteroatoms. The number of quaternary nitrogens is 1. The lowest BCUT2D eigenvalue weighted by atomic mass is 9.99. The van der Waals surface area contributed by atoms with Gasteiger partial charge in [-0.1, -0.05) is 34.5 Å². The lowest BCUT2D eigenvalue weighted by Crippen LogP contribution is -3.13. The molecule has 0 aromatic heterocycles. The molecule has 1 aromatic rings. The molecule has 0 unspecified atom stereocenters. The van der Waals surface area contributed by atoms with Crippen LogP contribution in [0.2, 0.25) is 5.02 Å². The van der Waals surface area contributed by atoms with Crippen LogP contribution in [0.3, 0.4) is 0 Å². The van der Waals surface area contributed by atoms with E-state index in [9.17, 15) is 0 Å². The minimum Gasteiger partial charge on any atom is -0.492 e. The summed E-state index contributed by atoms with van der Waals surface area (Å²) in [6.45, 7) is 7.10. The number of hydrogen-bond donors (Lipinski definition) is 1. The molecular weight excluding hydrogens is 338 g/mol. The smallest absolute Gasteiger partial charge is 0.137 e. The molecule has 1 aliphatic heterocycles. The summed E-state index contributed by atoms with van der Waals surface area (Å²) < 4.78 is 6.72. The van der Waals surface area contributed by atoms with Gasteiger partial charge in [0.05, 0.1) is 31.3 Å². The first kappa shape index (κ1) is 16.1. The number of hydrogen-bond acceptors (Lipinski definition) is 1. The van der Waals surface area contributed by atoms with E-state index in [-0.39, 0.29) is 0 Å². The minimum atomic E-state index is 0.676. The van der Waals surface area contributed by atoms with Gasteiger partial charge >= 0.3 is 0 Å².